The highest BCUT2D eigenvalue weighted by atomic mass is 35.5. The van der Waals surface area contributed by atoms with Crippen LogP contribution < -0.4 is 0 Å². The van der Waals surface area contributed by atoms with Gasteiger partial charge in [-0.05, 0) is 82.9 Å². The van der Waals surface area contributed by atoms with Gasteiger partial charge in [-0.1, -0.05) is 30.3 Å². The third kappa shape index (κ3) is 3.28. The zero-order valence-electron chi connectivity index (χ0n) is 17.4. The fourth-order valence-electron chi connectivity index (χ4n) is 4.46. The molecular formula is C27H13Cl2N3S2. The van der Waals surface area contributed by atoms with E-state index in [0.717, 1.165) is 10.9 Å². The van der Waals surface area contributed by atoms with E-state index >= 15 is 0 Å². The second-order valence-corrected chi connectivity index (χ2v) is 10.9. The first-order valence-corrected chi connectivity index (χ1v) is 13.0. The number of hydrogen-bond donors (Lipinski definition) is 0. The molecule has 0 N–H and O–H groups in total. The maximum Gasteiger partial charge on any atom is 0.227 e. The Morgan fingerprint density at radius 3 is 1.56 bits per heavy atom. The van der Waals surface area contributed by atoms with Gasteiger partial charge in [-0.25, -0.2) is 0 Å². The van der Waals surface area contributed by atoms with Gasteiger partial charge >= 0.3 is 0 Å². The molecule has 3 nitrogen and oxygen atoms in total. The van der Waals surface area contributed by atoms with Gasteiger partial charge in [0.25, 0.3) is 0 Å². The molecule has 0 spiro atoms. The molecule has 0 amide bonds. The number of fused-ring (bicyclic) bond motifs is 6. The van der Waals surface area contributed by atoms with Crippen LogP contribution in [0.3, 0.4) is 0 Å². The average molecular weight is 514 g/mol. The fraction of sp³-hybridized carbons (Fsp3) is 0. The van der Waals surface area contributed by atoms with Crippen molar-refractivity contribution in [3.8, 4) is 22.5 Å². The minimum Gasteiger partial charge on any atom is -0.198 e. The van der Waals surface area contributed by atoms with Crippen LogP contribution in [-0.2, 0) is 0 Å². The zero-order chi connectivity index (χ0) is 22.8. The second-order valence-electron chi connectivity index (χ2n) is 8.03. The second kappa shape index (κ2) is 7.72. The summed E-state index contributed by atoms with van der Waals surface area (Å²) in [6, 6.07) is 28.3. The SMILES string of the molecule is Clc1nc(Cl)nc(-c2ccc3sc4ccc(-c5ccc6sc7ccccc7c6c5)cc4c3c2)n1. The number of nitrogens with zero attached hydrogens (tertiary/aromatic N) is 3. The fourth-order valence-corrected chi connectivity index (χ4v) is 6.97. The van der Waals surface area contributed by atoms with Gasteiger partial charge in [0.15, 0.2) is 5.82 Å². The van der Waals surface area contributed by atoms with Gasteiger partial charge in [-0.3, -0.25) is 0 Å². The smallest absolute Gasteiger partial charge is 0.198 e. The molecule has 7 rings (SSSR count). The summed E-state index contributed by atoms with van der Waals surface area (Å²) in [7, 11) is 0. The molecule has 34 heavy (non-hydrogen) atoms. The summed E-state index contributed by atoms with van der Waals surface area (Å²) < 4.78 is 5.08. The van der Waals surface area contributed by atoms with Crippen LogP contribution in [0.5, 0.6) is 0 Å². The molecule has 0 aliphatic heterocycles. The number of rotatable bonds is 2. The lowest BCUT2D eigenvalue weighted by Crippen LogP contribution is -1.93. The van der Waals surface area contributed by atoms with Crippen molar-refractivity contribution in [1.82, 2.24) is 15.0 Å². The van der Waals surface area contributed by atoms with Crippen LogP contribution >= 0.6 is 45.9 Å². The van der Waals surface area contributed by atoms with Crippen molar-refractivity contribution in [3.63, 3.8) is 0 Å². The highest BCUT2D eigenvalue weighted by Gasteiger charge is 2.12. The summed E-state index contributed by atoms with van der Waals surface area (Å²) in [4.78, 5) is 12.4. The average Bonchev–Trinajstić information content (AvgIpc) is 3.40. The van der Waals surface area contributed by atoms with Gasteiger partial charge in [0.05, 0.1) is 0 Å². The van der Waals surface area contributed by atoms with E-state index in [1.807, 2.05) is 17.4 Å². The summed E-state index contributed by atoms with van der Waals surface area (Å²) in [5.74, 6) is 0.470. The van der Waals surface area contributed by atoms with Gasteiger partial charge in [0.1, 0.15) is 0 Å². The van der Waals surface area contributed by atoms with E-state index in [9.17, 15) is 0 Å². The van der Waals surface area contributed by atoms with E-state index in [-0.39, 0.29) is 10.6 Å². The highest BCUT2D eigenvalue weighted by molar-refractivity contribution is 7.26. The highest BCUT2D eigenvalue weighted by Crippen LogP contribution is 2.40. The first kappa shape index (κ1) is 20.3. The molecule has 0 aliphatic carbocycles. The largest absolute Gasteiger partial charge is 0.227 e. The zero-order valence-corrected chi connectivity index (χ0v) is 20.6. The Hall–Kier alpha value is -3.09. The van der Waals surface area contributed by atoms with Crippen LogP contribution in [-0.4, -0.2) is 15.0 Å². The monoisotopic (exact) mass is 513 g/mol. The minimum absolute atomic E-state index is 0.0870. The van der Waals surface area contributed by atoms with Crippen molar-refractivity contribution < 1.29 is 0 Å². The first-order valence-electron chi connectivity index (χ1n) is 10.6. The molecule has 0 fully saturated rings. The van der Waals surface area contributed by atoms with Crippen LogP contribution in [0.4, 0.5) is 0 Å². The molecule has 0 bridgehead atoms. The number of aromatic nitrogens is 3. The quantitative estimate of drug-likeness (QED) is 0.231. The number of benzene rings is 4. The Kier molecular flexibility index (Phi) is 4.61. The first-order chi connectivity index (χ1) is 16.6. The van der Waals surface area contributed by atoms with E-state index in [4.69, 9.17) is 23.2 Å². The van der Waals surface area contributed by atoms with E-state index in [2.05, 4.69) is 87.7 Å². The van der Waals surface area contributed by atoms with Crippen LogP contribution in [0.15, 0.2) is 78.9 Å². The lowest BCUT2D eigenvalue weighted by atomic mass is 10.0. The van der Waals surface area contributed by atoms with Crippen LogP contribution in [0, 0.1) is 0 Å². The molecule has 0 saturated carbocycles. The Morgan fingerprint density at radius 1 is 0.471 bits per heavy atom. The predicted octanol–water partition coefficient (Wildman–Crippen LogP) is 9.25. The maximum absolute atomic E-state index is 6.01. The topological polar surface area (TPSA) is 38.7 Å². The van der Waals surface area contributed by atoms with Gasteiger partial charge in [-0.2, -0.15) is 15.0 Å². The van der Waals surface area contributed by atoms with E-state index in [1.54, 1.807) is 11.3 Å². The van der Waals surface area contributed by atoms with Crippen molar-refractivity contribution in [1.29, 1.82) is 0 Å². The number of hydrogen-bond acceptors (Lipinski definition) is 5. The predicted molar refractivity (Wildman–Crippen MR) is 146 cm³/mol. The van der Waals surface area contributed by atoms with Gasteiger partial charge in [0.2, 0.25) is 10.6 Å². The molecule has 7 heteroatoms. The summed E-state index contributed by atoms with van der Waals surface area (Å²) in [5.41, 5.74) is 3.26. The Labute approximate surface area is 212 Å². The molecule has 0 aliphatic rings. The Bertz CT molecular complexity index is 1890. The van der Waals surface area contributed by atoms with E-state index in [0.29, 0.717) is 5.82 Å². The van der Waals surface area contributed by atoms with Crippen LogP contribution in [0.2, 0.25) is 10.6 Å². The summed E-state index contributed by atoms with van der Waals surface area (Å²) in [5, 5.41) is 5.16. The molecule has 0 radical (unpaired) electrons. The molecule has 0 atom stereocenters. The van der Waals surface area contributed by atoms with Gasteiger partial charge in [-0.15, -0.1) is 22.7 Å². The van der Waals surface area contributed by atoms with Gasteiger partial charge < -0.3 is 0 Å². The lowest BCUT2D eigenvalue weighted by Gasteiger charge is -2.04. The van der Waals surface area contributed by atoms with Crippen molar-refractivity contribution in [2.24, 2.45) is 0 Å². The van der Waals surface area contributed by atoms with Crippen LogP contribution in [0.1, 0.15) is 0 Å². The summed E-state index contributed by atoms with van der Waals surface area (Å²) in [6.07, 6.45) is 0. The number of thiophene rings is 2. The van der Waals surface area contributed by atoms with Crippen molar-refractivity contribution in [3.05, 3.63) is 89.4 Å². The van der Waals surface area contributed by atoms with Gasteiger partial charge in [0, 0.05) is 45.9 Å². The molecule has 0 saturated heterocycles. The number of halogens is 2. The normalized spacial score (nSPS) is 11.8. The molecule has 0 unspecified atom stereocenters. The molecule has 3 heterocycles. The summed E-state index contributed by atoms with van der Waals surface area (Å²) >= 11 is 15.6. The third-order valence-electron chi connectivity index (χ3n) is 6.02. The Balaban J connectivity index is 1.41. The molecule has 3 aromatic heterocycles. The molecule has 4 aromatic carbocycles. The standard InChI is InChI=1S/C27H13Cl2N3S2/c28-26-30-25(31-27(29)32-26)16-7-10-24-20(13-16)19-12-15(6-9-23(19)34-24)14-5-8-22-18(11-14)17-3-1-2-4-21(17)33-22/h1-13H. The maximum atomic E-state index is 6.01. The summed E-state index contributed by atoms with van der Waals surface area (Å²) in [6.45, 7) is 0. The lowest BCUT2D eigenvalue weighted by molar-refractivity contribution is 1.06. The minimum atomic E-state index is 0.0870. The molecule has 7 aromatic rings. The Morgan fingerprint density at radius 2 is 0.941 bits per heavy atom. The van der Waals surface area contributed by atoms with E-state index < -0.39 is 0 Å². The van der Waals surface area contributed by atoms with Crippen LogP contribution in [0.25, 0.3) is 62.9 Å². The molecule has 162 valence electrons. The third-order valence-corrected chi connectivity index (χ3v) is 8.66. The molecular weight excluding hydrogens is 501 g/mol. The van der Waals surface area contributed by atoms with Crippen molar-refractivity contribution in [2.75, 3.05) is 0 Å². The van der Waals surface area contributed by atoms with Crippen molar-refractivity contribution >= 4 is 86.2 Å². The van der Waals surface area contributed by atoms with E-state index in [1.165, 1.54) is 46.1 Å². The van der Waals surface area contributed by atoms with Crippen molar-refractivity contribution in [2.45, 2.75) is 0 Å².